The van der Waals surface area contributed by atoms with Gasteiger partial charge in [-0.25, -0.2) is 4.79 Å². The Balaban J connectivity index is 4.12. The highest BCUT2D eigenvalue weighted by atomic mass is 16.4. The van der Waals surface area contributed by atoms with Gasteiger partial charge in [-0.15, -0.1) is 0 Å². The van der Waals surface area contributed by atoms with E-state index in [1.807, 2.05) is 6.92 Å². The van der Waals surface area contributed by atoms with Crippen molar-refractivity contribution >= 4 is 12.0 Å². The third-order valence-electron chi connectivity index (χ3n) is 3.02. The summed E-state index contributed by atoms with van der Waals surface area (Å²) in [6.45, 7) is 10.7. The Hall–Kier alpha value is -1.26. The monoisotopic (exact) mass is 286 g/mol. The van der Waals surface area contributed by atoms with E-state index in [1.165, 1.54) is 0 Å². The van der Waals surface area contributed by atoms with E-state index in [0.29, 0.717) is 18.4 Å². The highest BCUT2D eigenvalue weighted by Crippen LogP contribution is 2.14. The average molecular weight is 286 g/mol. The van der Waals surface area contributed by atoms with Gasteiger partial charge in [-0.2, -0.15) is 0 Å². The van der Waals surface area contributed by atoms with Crippen molar-refractivity contribution in [3.8, 4) is 0 Å². The summed E-state index contributed by atoms with van der Waals surface area (Å²) in [7, 11) is 0. The minimum Gasteiger partial charge on any atom is -0.481 e. The zero-order chi connectivity index (χ0) is 15.7. The van der Waals surface area contributed by atoms with Crippen molar-refractivity contribution in [2.75, 3.05) is 6.54 Å². The fourth-order valence-corrected chi connectivity index (χ4v) is 2.43. The minimum atomic E-state index is -0.814. The Morgan fingerprint density at radius 1 is 1.00 bits per heavy atom. The van der Waals surface area contributed by atoms with E-state index in [1.54, 1.807) is 0 Å². The second-order valence-corrected chi connectivity index (χ2v) is 6.48. The first kappa shape index (κ1) is 18.7. The molecule has 0 aromatic heterocycles. The van der Waals surface area contributed by atoms with Crippen molar-refractivity contribution in [3.63, 3.8) is 0 Å². The summed E-state index contributed by atoms with van der Waals surface area (Å²) in [6.07, 6.45) is 1.83. The quantitative estimate of drug-likeness (QED) is 0.610. The molecule has 0 rings (SSSR count). The van der Waals surface area contributed by atoms with Crippen LogP contribution in [0.4, 0.5) is 4.79 Å². The normalized spacial score (nSPS) is 14.2. The van der Waals surface area contributed by atoms with Gasteiger partial charge in [-0.1, -0.05) is 27.7 Å². The molecule has 3 N–H and O–H groups in total. The Bertz CT molecular complexity index is 303. The van der Waals surface area contributed by atoms with Gasteiger partial charge in [-0.3, -0.25) is 4.79 Å². The summed E-state index contributed by atoms with van der Waals surface area (Å²) in [5.74, 6) is 0.125. The maximum absolute atomic E-state index is 11.7. The maximum Gasteiger partial charge on any atom is 0.315 e. The number of nitrogens with one attached hydrogen (secondary N) is 2. The van der Waals surface area contributed by atoms with Crippen LogP contribution in [0.5, 0.6) is 0 Å². The number of hydrogen-bond donors (Lipinski definition) is 3. The Morgan fingerprint density at radius 3 is 2.00 bits per heavy atom. The molecule has 0 spiro atoms. The number of carboxylic acid groups (broad SMARTS) is 1. The molecule has 5 heteroatoms. The molecule has 2 unspecified atom stereocenters. The van der Waals surface area contributed by atoms with Crippen molar-refractivity contribution in [2.45, 2.75) is 59.9 Å². The molecule has 2 atom stereocenters. The van der Waals surface area contributed by atoms with Gasteiger partial charge < -0.3 is 15.7 Å². The van der Waals surface area contributed by atoms with Gasteiger partial charge >= 0.3 is 12.0 Å². The first-order valence-electron chi connectivity index (χ1n) is 7.46. The average Bonchev–Trinajstić information content (AvgIpc) is 2.22. The molecule has 0 aliphatic carbocycles. The van der Waals surface area contributed by atoms with Gasteiger partial charge in [0.15, 0.2) is 0 Å². The zero-order valence-corrected chi connectivity index (χ0v) is 13.4. The van der Waals surface area contributed by atoms with Crippen LogP contribution >= 0.6 is 0 Å². The molecule has 2 amide bonds. The molecular weight excluding hydrogens is 256 g/mol. The number of rotatable bonds is 9. The topological polar surface area (TPSA) is 78.4 Å². The molecule has 0 aromatic rings. The van der Waals surface area contributed by atoms with Crippen molar-refractivity contribution in [3.05, 3.63) is 0 Å². The van der Waals surface area contributed by atoms with E-state index < -0.39 is 5.97 Å². The Morgan fingerprint density at radius 2 is 1.55 bits per heavy atom. The lowest BCUT2D eigenvalue weighted by Gasteiger charge is -2.20. The molecular formula is C15H30N2O3. The number of hydrogen-bond acceptors (Lipinski definition) is 2. The number of carboxylic acids is 1. The fourth-order valence-electron chi connectivity index (χ4n) is 2.43. The van der Waals surface area contributed by atoms with Crippen molar-refractivity contribution in [2.24, 2.45) is 17.8 Å². The largest absolute Gasteiger partial charge is 0.481 e. The van der Waals surface area contributed by atoms with Crippen LogP contribution in [-0.2, 0) is 4.79 Å². The van der Waals surface area contributed by atoms with Crippen LogP contribution < -0.4 is 10.6 Å². The summed E-state index contributed by atoms with van der Waals surface area (Å²) in [5, 5.41) is 14.5. The second-order valence-electron chi connectivity index (χ2n) is 6.48. The smallest absolute Gasteiger partial charge is 0.315 e. The first-order chi connectivity index (χ1) is 9.20. The van der Waals surface area contributed by atoms with Crippen LogP contribution in [0.2, 0.25) is 0 Å². The predicted octanol–water partition coefficient (Wildman–Crippen LogP) is 2.86. The lowest BCUT2D eigenvalue weighted by atomic mass is 9.94. The highest BCUT2D eigenvalue weighted by Gasteiger charge is 2.16. The van der Waals surface area contributed by atoms with Crippen molar-refractivity contribution in [1.82, 2.24) is 10.6 Å². The van der Waals surface area contributed by atoms with Crippen molar-refractivity contribution < 1.29 is 14.7 Å². The third-order valence-corrected chi connectivity index (χ3v) is 3.02. The maximum atomic E-state index is 11.7. The SMILES string of the molecule is CC(C)CC(CNC(=O)NC(C)CC(C)C)CC(=O)O. The van der Waals surface area contributed by atoms with E-state index in [4.69, 9.17) is 5.11 Å². The molecule has 0 aliphatic heterocycles. The summed E-state index contributed by atoms with van der Waals surface area (Å²) >= 11 is 0. The molecule has 0 bridgehead atoms. The fraction of sp³-hybridized carbons (Fsp3) is 0.867. The predicted molar refractivity (Wildman–Crippen MR) is 80.6 cm³/mol. The van der Waals surface area contributed by atoms with Crippen LogP contribution in [0.15, 0.2) is 0 Å². The Kier molecular flexibility index (Phi) is 9.01. The summed E-state index contributed by atoms with van der Waals surface area (Å²) in [4.78, 5) is 22.5. The molecule has 0 radical (unpaired) electrons. The number of carbonyl (C=O) groups excluding carboxylic acids is 1. The van der Waals surface area contributed by atoms with Gasteiger partial charge in [-0.05, 0) is 37.5 Å². The van der Waals surface area contributed by atoms with E-state index in [2.05, 4.69) is 38.3 Å². The molecule has 0 saturated heterocycles. The van der Waals surface area contributed by atoms with Gasteiger partial charge in [0.25, 0.3) is 0 Å². The highest BCUT2D eigenvalue weighted by molar-refractivity contribution is 5.74. The molecule has 118 valence electrons. The van der Waals surface area contributed by atoms with Crippen LogP contribution in [0.3, 0.4) is 0 Å². The van der Waals surface area contributed by atoms with Crippen LogP contribution in [0.25, 0.3) is 0 Å². The third kappa shape index (κ3) is 10.6. The van der Waals surface area contributed by atoms with Gasteiger partial charge in [0.2, 0.25) is 0 Å². The first-order valence-corrected chi connectivity index (χ1v) is 7.46. The van der Waals surface area contributed by atoms with Crippen LogP contribution in [-0.4, -0.2) is 29.7 Å². The van der Waals surface area contributed by atoms with E-state index in [0.717, 1.165) is 12.8 Å². The zero-order valence-electron chi connectivity index (χ0n) is 13.4. The van der Waals surface area contributed by atoms with Gasteiger partial charge in [0, 0.05) is 19.0 Å². The number of carbonyl (C=O) groups is 2. The minimum absolute atomic E-state index is 0.0151. The molecule has 0 fully saturated rings. The van der Waals surface area contributed by atoms with E-state index >= 15 is 0 Å². The van der Waals surface area contributed by atoms with Crippen molar-refractivity contribution in [1.29, 1.82) is 0 Å². The lowest BCUT2D eigenvalue weighted by Crippen LogP contribution is -2.43. The standard InChI is InChI=1S/C15H30N2O3/c1-10(2)6-12(5)17-15(20)16-9-13(7-11(3)4)8-14(18)19/h10-13H,6-9H2,1-5H3,(H,18,19)(H2,16,17,20). The molecule has 20 heavy (non-hydrogen) atoms. The molecule has 0 aromatic carbocycles. The second kappa shape index (κ2) is 9.61. The van der Waals surface area contributed by atoms with Gasteiger partial charge in [0.05, 0.1) is 0 Å². The molecule has 0 aliphatic rings. The molecule has 0 heterocycles. The van der Waals surface area contributed by atoms with Crippen LogP contribution in [0.1, 0.15) is 53.9 Å². The number of aliphatic carboxylic acids is 1. The molecule has 0 saturated carbocycles. The summed E-state index contributed by atoms with van der Waals surface area (Å²) in [5.41, 5.74) is 0. The number of amides is 2. The summed E-state index contributed by atoms with van der Waals surface area (Å²) < 4.78 is 0. The van der Waals surface area contributed by atoms with Crippen LogP contribution in [0, 0.1) is 17.8 Å². The Labute approximate surface area is 122 Å². The van der Waals surface area contributed by atoms with E-state index in [-0.39, 0.29) is 24.4 Å². The van der Waals surface area contributed by atoms with E-state index in [9.17, 15) is 9.59 Å². The summed E-state index contributed by atoms with van der Waals surface area (Å²) in [6, 6.07) is -0.0877. The number of urea groups is 1. The van der Waals surface area contributed by atoms with Gasteiger partial charge in [0.1, 0.15) is 0 Å². The lowest BCUT2D eigenvalue weighted by molar-refractivity contribution is -0.138. The molecule has 5 nitrogen and oxygen atoms in total.